The molecule has 0 aliphatic heterocycles. The summed E-state index contributed by atoms with van der Waals surface area (Å²) in [6, 6.07) is 7.94. The predicted molar refractivity (Wildman–Crippen MR) is 134 cm³/mol. The van der Waals surface area contributed by atoms with Gasteiger partial charge in [0.2, 0.25) is 0 Å². The van der Waals surface area contributed by atoms with Crippen LogP contribution in [0.2, 0.25) is 0 Å². The predicted octanol–water partition coefficient (Wildman–Crippen LogP) is 4.17. The zero-order valence-corrected chi connectivity index (χ0v) is 20.2. The van der Waals surface area contributed by atoms with Crippen LogP contribution in [0.3, 0.4) is 0 Å². The summed E-state index contributed by atoms with van der Waals surface area (Å²) in [4.78, 5) is 25.4. The van der Waals surface area contributed by atoms with Crippen molar-refractivity contribution >= 4 is 50.1 Å². The second kappa shape index (κ2) is 8.66. The average Bonchev–Trinajstić information content (AvgIpc) is 3.56. The van der Waals surface area contributed by atoms with Crippen LogP contribution in [0.15, 0.2) is 43.0 Å². The highest BCUT2D eigenvalue weighted by atomic mass is 32.1. The second-order valence-electron chi connectivity index (χ2n) is 8.79. The number of aromatic nitrogens is 6. The van der Waals surface area contributed by atoms with Crippen LogP contribution in [0, 0.1) is 0 Å². The summed E-state index contributed by atoms with van der Waals surface area (Å²) in [6.45, 7) is 0.412. The first-order chi connectivity index (χ1) is 17.0. The molecule has 11 heteroatoms. The normalized spacial score (nSPS) is 15.3. The molecule has 35 heavy (non-hydrogen) atoms. The summed E-state index contributed by atoms with van der Waals surface area (Å²) in [5.41, 5.74) is 4.00. The highest BCUT2D eigenvalue weighted by Crippen LogP contribution is 2.39. The van der Waals surface area contributed by atoms with Crippen molar-refractivity contribution in [2.24, 2.45) is 7.05 Å². The molecule has 1 atom stereocenters. The quantitative estimate of drug-likeness (QED) is 0.382. The number of carbonyl (C=O) groups excluding carboxylic acids is 1. The molecule has 10 nitrogen and oxygen atoms in total. The van der Waals surface area contributed by atoms with Gasteiger partial charge in [-0.2, -0.15) is 10.2 Å². The minimum Gasteiger partial charge on any atom is -0.446 e. The molecule has 1 aromatic carbocycles. The third-order valence-corrected chi connectivity index (χ3v) is 7.41. The van der Waals surface area contributed by atoms with Crippen LogP contribution in [0.1, 0.15) is 22.6 Å². The summed E-state index contributed by atoms with van der Waals surface area (Å²) in [5, 5.41) is 16.9. The number of aryl methyl sites for hydroxylation is 2. The Kier molecular flexibility index (Phi) is 5.33. The number of benzene rings is 1. The number of H-pyrrole nitrogens is 1. The molecular formula is C24H24N8O2S. The third kappa shape index (κ3) is 4.18. The molecule has 178 valence electrons. The Morgan fingerprint density at radius 1 is 1.34 bits per heavy atom. The lowest BCUT2D eigenvalue weighted by Gasteiger charge is -2.25. The van der Waals surface area contributed by atoms with Gasteiger partial charge in [0.05, 0.1) is 29.3 Å². The SMILES string of the molecule is CN(Cc1ccn(C)n1)C(=O)OC1CCc2c(sc3ncnc(Nc4ccc5[nH]ncc5c4)c23)C1. The molecule has 1 aliphatic carbocycles. The second-order valence-corrected chi connectivity index (χ2v) is 9.87. The number of fused-ring (bicyclic) bond motifs is 4. The summed E-state index contributed by atoms with van der Waals surface area (Å²) >= 11 is 1.65. The Bertz CT molecular complexity index is 1540. The molecule has 4 aromatic heterocycles. The number of nitrogens with zero attached hydrogens (tertiary/aromatic N) is 6. The molecule has 0 fully saturated rings. The molecule has 6 rings (SSSR count). The Balaban J connectivity index is 1.19. The van der Waals surface area contributed by atoms with Crippen LogP contribution in [0.4, 0.5) is 16.3 Å². The number of hydrogen-bond acceptors (Lipinski definition) is 8. The highest BCUT2D eigenvalue weighted by Gasteiger charge is 2.28. The van der Waals surface area contributed by atoms with Gasteiger partial charge in [0, 0.05) is 42.7 Å². The minimum absolute atomic E-state index is 0.165. The molecule has 0 spiro atoms. The van der Waals surface area contributed by atoms with Gasteiger partial charge >= 0.3 is 6.09 Å². The van der Waals surface area contributed by atoms with Crippen molar-refractivity contribution in [3.05, 3.63) is 59.1 Å². The molecular weight excluding hydrogens is 464 g/mol. The van der Waals surface area contributed by atoms with Crippen LogP contribution in [-0.2, 0) is 31.2 Å². The average molecular weight is 489 g/mol. The number of carbonyl (C=O) groups is 1. The van der Waals surface area contributed by atoms with Crippen molar-refractivity contribution in [1.29, 1.82) is 0 Å². The van der Waals surface area contributed by atoms with Crippen molar-refractivity contribution in [3.63, 3.8) is 0 Å². The molecule has 1 unspecified atom stereocenters. The van der Waals surface area contributed by atoms with Crippen molar-refractivity contribution in [3.8, 4) is 0 Å². The standard InChI is InChI=1S/C24H24N8O2S/c1-31(12-16-7-8-32(2)30-16)24(33)34-17-4-5-18-20(10-17)35-23-21(18)22(25-13-26-23)28-15-3-6-19-14(9-15)11-27-29-19/h3,6-9,11,13,17H,4-5,10,12H2,1-2H3,(H,27,29)(H,25,26,28). The Morgan fingerprint density at radius 3 is 3.11 bits per heavy atom. The topological polar surface area (TPSA) is 114 Å². The fourth-order valence-electron chi connectivity index (χ4n) is 4.52. The molecule has 0 saturated heterocycles. The van der Waals surface area contributed by atoms with E-state index in [0.717, 1.165) is 51.2 Å². The highest BCUT2D eigenvalue weighted by molar-refractivity contribution is 7.19. The molecule has 2 N–H and O–H groups in total. The van der Waals surface area contributed by atoms with E-state index in [9.17, 15) is 4.79 Å². The van der Waals surface area contributed by atoms with Crippen LogP contribution < -0.4 is 5.32 Å². The van der Waals surface area contributed by atoms with Gasteiger partial charge in [-0.1, -0.05) is 0 Å². The maximum Gasteiger partial charge on any atom is 0.410 e. The van der Waals surface area contributed by atoms with Gasteiger partial charge in [0.15, 0.2) is 0 Å². The van der Waals surface area contributed by atoms with E-state index in [4.69, 9.17) is 4.74 Å². The van der Waals surface area contributed by atoms with Gasteiger partial charge in [-0.3, -0.25) is 9.78 Å². The molecule has 0 radical (unpaired) electrons. The molecule has 0 bridgehead atoms. The lowest BCUT2D eigenvalue weighted by Crippen LogP contribution is -2.33. The summed E-state index contributed by atoms with van der Waals surface area (Å²) in [7, 11) is 3.59. The first-order valence-electron chi connectivity index (χ1n) is 11.4. The van der Waals surface area contributed by atoms with E-state index in [1.807, 2.05) is 37.5 Å². The Labute approximate surface area is 204 Å². The first kappa shape index (κ1) is 21.5. The van der Waals surface area contributed by atoms with Gasteiger partial charge in [0.25, 0.3) is 0 Å². The van der Waals surface area contributed by atoms with Crippen LogP contribution in [0.5, 0.6) is 0 Å². The van der Waals surface area contributed by atoms with Gasteiger partial charge in [-0.15, -0.1) is 11.3 Å². The van der Waals surface area contributed by atoms with Crippen LogP contribution >= 0.6 is 11.3 Å². The summed E-state index contributed by atoms with van der Waals surface area (Å²) < 4.78 is 7.57. The third-order valence-electron chi connectivity index (χ3n) is 6.25. The van der Waals surface area contributed by atoms with Crippen molar-refractivity contribution < 1.29 is 9.53 Å². The molecule has 1 aliphatic rings. The lowest BCUT2D eigenvalue weighted by atomic mass is 9.94. The zero-order chi connectivity index (χ0) is 23.9. The molecule has 0 saturated carbocycles. The van der Waals surface area contributed by atoms with Gasteiger partial charge in [-0.05, 0) is 42.7 Å². The Morgan fingerprint density at radius 2 is 2.26 bits per heavy atom. The molecule has 1 amide bonds. The van der Waals surface area contributed by atoms with Crippen molar-refractivity contribution in [2.75, 3.05) is 12.4 Å². The number of rotatable bonds is 5. The van der Waals surface area contributed by atoms with E-state index in [-0.39, 0.29) is 12.2 Å². The number of aromatic amines is 1. The van der Waals surface area contributed by atoms with Gasteiger partial charge < -0.3 is 15.0 Å². The first-order valence-corrected chi connectivity index (χ1v) is 12.2. The monoisotopic (exact) mass is 488 g/mol. The fourth-order valence-corrected chi connectivity index (χ4v) is 5.77. The zero-order valence-electron chi connectivity index (χ0n) is 19.4. The maximum atomic E-state index is 12.7. The molecule has 4 heterocycles. The smallest absolute Gasteiger partial charge is 0.410 e. The van der Waals surface area contributed by atoms with E-state index in [1.165, 1.54) is 10.4 Å². The number of amides is 1. The summed E-state index contributed by atoms with van der Waals surface area (Å²) in [5.74, 6) is 0.792. The number of nitrogens with one attached hydrogen (secondary N) is 2. The van der Waals surface area contributed by atoms with E-state index in [2.05, 4.69) is 30.6 Å². The van der Waals surface area contributed by atoms with E-state index in [0.29, 0.717) is 13.0 Å². The molecule has 5 aromatic rings. The van der Waals surface area contributed by atoms with E-state index >= 15 is 0 Å². The van der Waals surface area contributed by atoms with Crippen molar-refractivity contribution in [2.45, 2.75) is 31.9 Å². The lowest BCUT2D eigenvalue weighted by molar-refractivity contribution is 0.0613. The number of anilines is 2. The van der Waals surface area contributed by atoms with E-state index in [1.54, 1.807) is 40.5 Å². The largest absolute Gasteiger partial charge is 0.446 e. The minimum atomic E-state index is -0.331. The van der Waals surface area contributed by atoms with Gasteiger partial charge in [-0.25, -0.2) is 14.8 Å². The Hall–Kier alpha value is -3.99. The summed E-state index contributed by atoms with van der Waals surface area (Å²) in [6.07, 6.45) is 7.01. The van der Waals surface area contributed by atoms with Crippen molar-refractivity contribution in [1.82, 2.24) is 34.8 Å². The number of ether oxygens (including phenoxy) is 1. The van der Waals surface area contributed by atoms with Gasteiger partial charge in [0.1, 0.15) is 23.1 Å². The van der Waals surface area contributed by atoms with E-state index < -0.39 is 0 Å². The van der Waals surface area contributed by atoms with Crippen LogP contribution in [-0.4, -0.2) is 54.1 Å². The number of hydrogen-bond donors (Lipinski definition) is 2. The fraction of sp³-hybridized carbons (Fsp3) is 0.292. The number of thiophene rings is 1. The van der Waals surface area contributed by atoms with Crippen LogP contribution in [0.25, 0.3) is 21.1 Å². The maximum absolute atomic E-state index is 12.7.